The first-order valence-corrected chi connectivity index (χ1v) is 10.1. The van der Waals surface area contributed by atoms with Gasteiger partial charge in [-0.15, -0.1) is 0 Å². The van der Waals surface area contributed by atoms with Gasteiger partial charge in [0, 0.05) is 10.9 Å². The number of rotatable bonds is 6. The first kappa shape index (κ1) is 21.5. The fourth-order valence-electron chi connectivity index (χ4n) is 3.40. The molecule has 0 saturated carbocycles. The van der Waals surface area contributed by atoms with E-state index >= 15 is 0 Å². The predicted octanol–water partition coefficient (Wildman–Crippen LogP) is 2.98. The van der Waals surface area contributed by atoms with Crippen LogP contribution in [0, 0.1) is 18.3 Å². The van der Waals surface area contributed by atoms with E-state index in [1.54, 1.807) is 43.5 Å². The van der Waals surface area contributed by atoms with Crippen LogP contribution >= 0.6 is 0 Å². The maximum absolute atomic E-state index is 12.6. The van der Waals surface area contributed by atoms with Gasteiger partial charge in [0.15, 0.2) is 11.6 Å². The molecule has 9 nitrogen and oxygen atoms in total. The lowest BCUT2D eigenvalue weighted by Gasteiger charge is -2.13. The molecule has 0 fully saturated rings. The standard InChI is InChI=1S/C24H20N6O3/c1-15-11-20(28-22-18(15)9-6-10-19(22)33-2)30-23(17(12-25)13-27-30)29-21(31)14-26-24(32)16-7-4-3-5-8-16/h3-11,13H,14H2,1-2H3,(H,26,32)(H,29,31). The molecule has 0 atom stereocenters. The summed E-state index contributed by atoms with van der Waals surface area (Å²) in [6.45, 7) is 1.65. The maximum atomic E-state index is 12.6. The number of pyridine rings is 1. The van der Waals surface area contributed by atoms with E-state index in [1.807, 2.05) is 31.2 Å². The van der Waals surface area contributed by atoms with Gasteiger partial charge in [-0.05, 0) is 36.8 Å². The highest BCUT2D eigenvalue weighted by Gasteiger charge is 2.18. The number of benzene rings is 2. The maximum Gasteiger partial charge on any atom is 0.251 e. The van der Waals surface area contributed by atoms with Crippen molar-refractivity contribution in [3.8, 4) is 17.6 Å². The van der Waals surface area contributed by atoms with Gasteiger partial charge in [0.2, 0.25) is 5.91 Å². The zero-order chi connectivity index (χ0) is 23.4. The van der Waals surface area contributed by atoms with E-state index in [2.05, 4.69) is 20.7 Å². The molecule has 2 amide bonds. The predicted molar refractivity (Wildman–Crippen MR) is 122 cm³/mol. The molecule has 164 valence electrons. The largest absolute Gasteiger partial charge is 0.494 e. The summed E-state index contributed by atoms with van der Waals surface area (Å²) in [7, 11) is 1.57. The van der Waals surface area contributed by atoms with Crippen LogP contribution in [0.25, 0.3) is 16.7 Å². The Balaban J connectivity index is 1.61. The highest BCUT2D eigenvalue weighted by atomic mass is 16.5. The summed E-state index contributed by atoms with van der Waals surface area (Å²) in [6.07, 6.45) is 1.35. The Hall–Kier alpha value is -4.71. The number of aromatic nitrogens is 3. The third kappa shape index (κ3) is 4.36. The molecule has 0 aliphatic heterocycles. The summed E-state index contributed by atoms with van der Waals surface area (Å²) in [5, 5.41) is 19.9. The lowest BCUT2D eigenvalue weighted by Crippen LogP contribution is -2.33. The lowest BCUT2D eigenvalue weighted by atomic mass is 10.1. The number of carbonyl (C=O) groups is 2. The molecule has 0 bridgehead atoms. The number of hydrogen-bond acceptors (Lipinski definition) is 6. The van der Waals surface area contributed by atoms with Crippen molar-refractivity contribution >= 4 is 28.5 Å². The lowest BCUT2D eigenvalue weighted by molar-refractivity contribution is -0.115. The molecule has 4 rings (SSSR count). The van der Waals surface area contributed by atoms with Crippen LogP contribution in [0.4, 0.5) is 5.82 Å². The van der Waals surface area contributed by atoms with Crippen LogP contribution in [0.3, 0.4) is 0 Å². The van der Waals surface area contributed by atoms with Crippen LogP contribution in [0.1, 0.15) is 21.5 Å². The molecule has 9 heteroatoms. The van der Waals surface area contributed by atoms with Crippen molar-refractivity contribution in [2.24, 2.45) is 0 Å². The number of aryl methyl sites for hydroxylation is 1. The van der Waals surface area contributed by atoms with Gasteiger partial charge >= 0.3 is 0 Å². The van der Waals surface area contributed by atoms with Crippen molar-refractivity contribution in [1.82, 2.24) is 20.1 Å². The molecule has 0 spiro atoms. The van der Waals surface area contributed by atoms with Crippen LogP contribution < -0.4 is 15.4 Å². The Morgan fingerprint density at radius 2 is 1.94 bits per heavy atom. The number of nitrogens with zero attached hydrogens (tertiary/aromatic N) is 4. The summed E-state index contributed by atoms with van der Waals surface area (Å²) in [4.78, 5) is 29.4. The topological polar surface area (TPSA) is 122 Å². The number of anilines is 1. The number of carbonyl (C=O) groups excluding carboxylic acids is 2. The van der Waals surface area contributed by atoms with Gasteiger partial charge in [-0.25, -0.2) is 4.98 Å². The summed E-state index contributed by atoms with van der Waals surface area (Å²) >= 11 is 0. The van der Waals surface area contributed by atoms with Gasteiger partial charge in [0.05, 0.1) is 19.9 Å². The molecule has 2 N–H and O–H groups in total. The van der Waals surface area contributed by atoms with Crippen LogP contribution in [0.5, 0.6) is 5.75 Å². The van der Waals surface area contributed by atoms with Crippen molar-refractivity contribution in [2.45, 2.75) is 6.92 Å². The second kappa shape index (κ2) is 9.20. The van der Waals surface area contributed by atoms with Gasteiger partial charge in [-0.1, -0.05) is 30.3 Å². The Labute approximate surface area is 189 Å². The molecular weight excluding hydrogens is 420 g/mol. The monoisotopic (exact) mass is 440 g/mol. The number of para-hydroxylation sites is 1. The quantitative estimate of drug-likeness (QED) is 0.475. The average molecular weight is 440 g/mol. The first-order chi connectivity index (χ1) is 16.0. The number of nitrogens with one attached hydrogen (secondary N) is 2. The Morgan fingerprint density at radius 3 is 2.67 bits per heavy atom. The minimum absolute atomic E-state index is 0.164. The fourth-order valence-corrected chi connectivity index (χ4v) is 3.40. The van der Waals surface area contributed by atoms with Gasteiger partial charge in [-0.3, -0.25) is 9.59 Å². The molecule has 0 unspecified atom stereocenters. The molecule has 33 heavy (non-hydrogen) atoms. The summed E-state index contributed by atoms with van der Waals surface area (Å²) in [5.41, 5.74) is 2.17. The highest BCUT2D eigenvalue weighted by molar-refractivity contribution is 5.99. The summed E-state index contributed by atoms with van der Waals surface area (Å²) in [6, 6.07) is 18.0. The highest BCUT2D eigenvalue weighted by Crippen LogP contribution is 2.29. The number of amides is 2. The molecule has 2 aromatic carbocycles. The van der Waals surface area contributed by atoms with Crippen molar-refractivity contribution < 1.29 is 14.3 Å². The number of hydrogen-bond donors (Lipinski definition) is 2. The van der Waals surface area contributed by atoms with Gasteiger partial charge < -0.3 is 15.4 Å². The summed E-state index contributed by atoms with van der Waals surface area (Å²) < 4.78 is 6.81. The zero-order valence-corrected chi connectivity index (χ0v) is 18.0. The van der Waals surface area contributed by atoms with E-state index in [1.165, 1.54) is 10.9 Å². The van der Waals surface area contributed by atoms with Gasteiger partial charge in [0.25, 0.3) is 5.91 Å². The Kier molecular flexibility index (Phi) is 6.00. The minimum atomic E-state index is -0.507. The first-order valence-electron chi connectivity index (χ1n) is 10.1. The molecule has 4 aromatic rings. The van der Waals surface area contributed by atoms with Crippen molar-refractivity contribution in [3.05, 3.63) is 77.5 Å². The second-order valence-electron chi connectivity index (χ2n) is 7.18. The van der Waals surface area contributed by atoms with Gasteiger partial charge in [0.1, 0.15) is 22.9 Å². The van der Waals surface area contributed by atoms with E-state index in [0.717, 1.165) is 10.9 Å². The van der Waals surface area contributed by atoms with Crippen molar-refractivity contribution in [3.63, 3.8) is 0 Å². The molecule has 0 aliphatic rings. The smallest absolute Gasteiger partial charge is 0.251 e. The molecule has 2 aromatic heterocycles. The molecule has 2 heterocycles. The van der Waals surface area contributed by atoms with E-state index in [9.17, 15) is 14.9 Å². The molecular formula is C24H20N6O3. The van der Waals surface area contributed by atoms with Crippen LogP contribution in [0.2, 0.25) is 0 Å². The SMILES string of the molecule is COc1cccc2c(C)cc(-n3ncc(C#N)c3NC(=O)CNC(=O)c3ccccc3)nc12. The average Bonchev–Trinajstić information content (AvgIpc) is 3.25. The second-order valence-corrected chi connectivity index (χ2v) is 7.18. The number of fused-ring (bicyclic) bond motifs is 1. The third-order valence-corrected chi connectivity index (χ3v) is 5.03. The van der Waals surface area contributed by atoms with Crippen LogP contribution in [-0.4, -0.2) is 40.2 Å². The van der Waals surface area contributed by atoms with Crippen LogP contribution in [-0.2, 0) is 4.79 Å². The Morgan fingerprint density at radius 1 is 1.15 bits per heavy atom. The zero-order valence-electron chi connectivity index (χ0n) is 18.0. The van der Waals surface area contributed by atoms with E-state index < -0.39 is 5.91 Å². The number of methoxy groups -OCH3 is 1. The normalized spacial score (nSPS) is 10.5. The summed E-state index contributed by atoms with van der Waals surface area (Å²) in [5.74, 6) is 0.290. The molecule has 0 saturated heterocycles. The number of ether oxygens (including phenoxy) is 1. The molecule has 0 aliphatic carbocycles. The number of nitriles is 1. The van der Waals surface area contributed by atoms with E-state index in [0.29, 0.717) is 22.6 Å². The van der Waals surface area contributed by atoms with Crippen molar-refractivity contribution in [2.75, 3.05) is 19.0 Å². The third-order valence-electron chi connectivity index (χ3n) is 5.03. The van der Waals surface area contributed by atoms with Gasteiger partial charge in [-0.2, -0.15) is 15.0 Å². The molecule has 0 radical (unpaired) electrons. The van der Waals surface area contributed by atoms with E-state index in [4.69, 9.17) is 4.74 Å². The minimum Gasteiger partial charge on any atom is -0.494 e. The fraction of sp³-hybridized carbons (Fsp3) is 0.125. The Bertz CT molecular complexity index is 1390. The van der Waals surface area contributed by atoms with Crippen LogP contribution in [0.15, 0.2) is 60.8 Å². The van der Waals surface area contributed by atoms with E-state index in [-0.39, 0.29) is 23.8 Å². The van der Waals surface area contributed by atoms with Crippen molar-refractivity contribution in [1.29, 1.82) is 5.26 Å².